The molecule has 0 aromatic heterocycles. The van der Waals surface area contributed by atoms with Crippen LogP contribution >= 0.6 is 0 Å². The molecule has 34 heavy (non-hydrogen) atoms. The number of carbonyl (C=O) groups is 1. The molecule has 0 saturated carbocycles. The number of ketones is 1. The largest absolute Gasteiger partial charge is 0.380 e. The number of nitrogens with one attached hydrogen (secondary N) is 1. The molecule has 2 unspecified atom stereocenters. The van der Waals surface area contributed by atoms with Crippen LogP contribution in [0.25, 0.3) is 0 Å². The van der Waals surface area contributed by atoms with E-state index in [1.165, 1.54) is 0 Å². The maximum atomic E-state index is 13.8. The summed E-state index contributed by atoms with van der Waals surface area (Å²) in [6, 6.07) is 6.78. The first kappa shape index (κ1) is 21.2. The van der Waals surface area contributed by atoms with Crippen LogP contribution in [0.4, 0.5) is 5.69 Å². The van der Waals surface area contributed by atoms with Crippen molar-refractivity contribution >= 4 is 11.5 Å². The first-order valence-corrected chi connectivity index (χ1v) is 12.0. The Morgan fingerprint density at radius 2 is 1.97 bits per heavy atom. The summed E-state index contributed by atoms with van der Waals surface area (Å²) in [7, 11) is 0. The van der Waals surface area contributed by atoms with Gasteiger partial charge in [0.25, 0.3) is 0 Å². The van der Waals surface area contributed by atoms with Gasteiger partial charge in [-0.3, -0.25) is 9.69 Å². The van der Waals surface area contributed by atoms with Gasteiger partial charge in [0.05, 0.1) is 37.1 Å². The molecule has 2 aliphatic carbocycles. The zero-order valence-electron chi connectivity index (χ0n) is 19.6. The number of nitriles is 1. The lowest BCUT2D eigenvalue weighted by molar-refractivity contribution is -0.0660. The van der Waals surface area contributed by atoms with E-state index in [0.29, 0.717) is 17.2 Å². The van der Waals surface area contributed by atoms with Gasteiger partial charge in [-0.2, -0.15) is 5.26 Å². The lowest BCUT2D eigenvalue weighted by Crippen LogP contribution is -2.56. The molecular weight excluding hydrogens is 424 g/mol. The van der Waals surface area contributed by atoms with Crippen molar-refractivity contribution in [2.75, 3.05) is 44.3 Å². The summed E-state index contributed by atoms with van der Waals surface area (Å²) in [5.41, 5.74) is 5.56. The fourth-order valence-corrected chi connectivity index (χ4v) is 6.07. The summed E-state index contributed by atoms with van der Waals surface area (Å²) in [5.74, 6) is 2.83. The summed E-state index contributed by atoms with van der Waals surface area (Å²) in [5, 5.41) is 12.9. The lowest BCUT2D eigenvalue weighted by Gasteiger charge is -2.44. The Balaban J connectivity index is 1.36. The Morgan fingerprint density at radius 3 is 2.62 bits per heavy atom. The van der Waals surface area contributed by atoms with Crippen LogP contribution in [0, 0.1) is 29.6 Å². The summed E-state index contributed by atoms with van der Waals surface area (Å²) in [6.45, 7) is 9.78. The van der Waals surface area contributed by atoms with E-state index in [0.717, 1.165) is 67.5 Å². The van der Waals surface area contributed by atoms with Gasteiger partial charge in [0.2, 0.25) is 0 Å². The highest BCUT2D eigenvalue weighted by atomic mass is 16.5. The number of carbonyl (C=O) groups excluding carboxylic acids is 1. The van der Waals surface area contributed by atoms with E-state index < -0.39 is 0 Å². The summed E-state index contributed by atoms with van der Waals surface area (Å²) >= 11 is 0. The number of nitrogens with zero attached hydrogens (tertiary/aromatic N) is 3. The molecule has 1 aromatic carbocycles. The number of Topliss-reactive ketones (excluding diaryl/α,β-unsaturated/α-hetero) is 1. The molecule has 6 nitrogen and oxygen atoms in total. The fraction of sp³-hybridized carbons (Fsp3) is 0.429. The Bertz CT molecular complexity index is 1260. The Hall–Kier alpha value is -3.32. The zero-order valence-corrected chi connectivity index (χ0v) is 19.6. The quantitative estimate of drug-likeness (QED) is 0.696. The smallest absolute Gasteiger partial charge is 0.191 e. The molecule has 2 atom stereocenters. The number of rotatable bonds is 2. The van der Waals surface area contributed by atoms with Gasteiger partial charge in [0, 0.05) is 65.5 Å². The summed E-state index contributed by atoms with van der Waals surface area (Å²) in [4.78, 5) is 18.6. The molecule has 5 aliphatic rings. The van der Waals surface area contributed by atoms with Gasteiger partial charge >= 0.3 is 0 Å². The number of benzene rings is 1. The third-order valence-corrected chi connectivity index (χ3v) is 8.14. The van der Waals surface area contributed by atoms with E-state index in [4.69, 9.17) is 11.2 Å². The molecule has 1 aromatic rings. The number of hydrogen-bond donors (Lipinski definition) is 1. The van der Waals surface area contributed by atoms with Crippen molar-refractivity contribution in [3.8, 4) is 18.4 Å². The Morgan fingerprint density at radius 1 is 1.21 bits per heavy atom. The average molecular weight is 453 g/mol. The van der Waals surface area contributed by atoms with E-state index in [2.05, 4.69) is 47.0 Å². The third-order valence-electron chi connectivity index (χ3n) is 8.14. The lowest BCUT2D eigenvalue weighted by atomic mass is 9.69. The predicted octanol–water partition coefficient (Wildman–Crippen LogP) is 2.52. The van der Waals surface area contributed by atoms with Gasteiger partial charge in [-0.15, -0.1) is 6.42 Å². The van der Waals surface area contributed by atoms with Gasteiger partial charge < -0.3 is 15.0 Å². The molecule has 0 spiro atoms. The first-order valence-electron chi connectivity index (χ1n) is 12.0. The van der Waals surface area contributed by atoms with Crippen molar-refractivity contribution in [2.45, 2.75) is 31.3 Å². The maximum absolute atomic E-state index is 13.8. The van der Waals surface area contributed by atoms with Crippen LogP contribution in [-0.2, 0) is 10.2 Å². The highest BCUT2D eigenvalue weighted by Gasteiger charge is 2.48. The molecule has 172 valence electrons. The number of allylic oxidation sites excluding steroid dienone is 3. The van der Waals surface area contributed by atoms with E-state index in [-0.39, 0.29) is 23.2 Å². The van der Waals surface area contributed by atoms with Crippen molar-refractivity contribution in [3.05, 3.63) is 63.9 Å². The zero-order chi connectivity index (χ0) is 23.6. The molecule has 6 heteroatoms. The maximum Gasteiger partial charge on any atom is 0.191 e. The number of hydrogen-bond acceptors (Lipinski definition) is 6. The second-order valence-electron chi connectivity index (χ2n) is 10.3. The molecule has 0 amide bonds. The minimum Gasteiger partial charge on any atom is -0.380 e. The molecule has 1 N–H and O–H groups in total. The molecule has 6 rings (SSSR count). The second kappa shape index (κ2) is 7.60. The van der Waals surface area contributed by atoms with Crippen LogP contribution < -0.4 is 10.2 Å². The van der Waals surface area contributed by atoms with Gasteiger partial charge in [-0.25, -0.2) is 0 Å². The fourth-order valence-electron chi connectivity index (χ4n) is 6.07. The van der Waals surface area contributed by atoms with Gasteiger partial charge in [-0.1, -0.05) is 25.8 Å². The SMILES string of the molecule is C#Cc1cc2c(cc1N1CCN(C3COC3)CC1)C(C)(C)C1=C(C2=O)C2C=CC(C#N)=CC2N1. The number of piperazine rings is 1. The highest BCUT2D eigenvalue weighted by molar-refractivity contribution is 6.13. The van der Waals surface area contributed by atoms with Crippen LogP contribution in [0.5, 0.6) is 0 Å². The van der Waals surface area contributed by atoms with E-state index in [1.807, 2.05) is 24.3 Å². The Labute approximate surface area is 200 Å². The standard InChI is InChI=1S/C28H28N4O2/c1-4-18-12-21-22(13-24(18)32-9-7-31(8-10-32)19-15-34-16-19)28(2,3)27-25(26(21)33)20-6-5-17(14-29)11-23(20)30-27/h1,5-6,11-13,19-20,23,30H,7-10,15-16H2,2-3H3. The van der Waals surface area contributed by atoms with Crippen molar-refractivity contribution < 1.29 is 9.53 Å². The normalized spacial score (nSPS) is 27.6. The molecule has 3 aliphatic heterocycles. The molecule has 2 saturated heterocycles. The topological polar surface area (TPSA) is 68.6 Å². The minimum absolute atomic E-state index is 0.0423. The Kier molecular flexibility index (Phi) is 4.74. The molecule has 0 bridgehead atoms. The first-order chi connectivity index (χ1) is 16.4. The van der Waals surface area contributed by atoms with Gasteiger partial charge in [-0.05, 0) is 29.8 Å². The number of anilines is 1. The molecule has 2 fully saturated rings. The number of ether oxygens (including phenoxy) is 1. The van der Waals surface area contributed by atoms with Crippen LogP contribution in [0.1, 0.15) is 35.3 Å². The predicted molar refractivity (Wildman–Crippen MR) is 130 cm³/mol. The minimum atomic E-state index is -0.378. The summed E-state index contributed by atoms with van der Waals surface area (Å²) in [6.07, 6.45) is 11.7. The number of fused-ring (bicyclic) bond motifs is 3. The molecule has 0 radical (unpaired) electrons. The highest BCUT2D eigenvalue weighted by Crippen LogP contribution is 2.48. The average Bonchev–Trinajstić information content (AvgIpc) is 3.21. The monoisotopic (exact) mass is 452 g/mol. The van der Waals surface area contributed by atoms with Gasteiger partial charge in [0.1, 0.15) is 0 Å². The third kappa shape index (κ3) is 2.99. The van der Waals surface area contributed by atoms with Crippen molar-refractivity contribution in [3.63, 3.8) is 0 Å². The van der Waals surface area contributed by atoms with Crippen molar-refractivity contribution in [1.29, 1.82) is 5.26 Å². The van der Waals surface area contributed by atoms with E-state index in [9.17, 15) is 10.1 Å². The van der Waals surface area contributed by atoms with Crippen molar-refractivity contribution in [1.82, 2.24) is 10.2 Å². The van der Waals surface area contributed by atoms with Crippen LogP contribution in [0.15, 0.2) is 47.2 Å². The molecule has 3 heterocycles. The van der Waals surface area contributed by atoms with E-state index >= 15 is 0 Å². The van der Waals surface area contributed by atoms with E-state index in [1.54, 1.807) is 0 Å². The van der Waals surface area contributed by atoms with Crippen LogP contribution in [0.2, 0.25) is 0 Å². The van der Waals surface area contributed by atoms with Gasteiger partial charge in [0.15, 0.2) is 5.78 Å². The van der Waals surface area contributed by atoms with Crippen LogP contribution in [0.3, 0.4) is 0 Å². The molecular formula is C28H28N4O2. The summed E-state index contributed by atoms with van der Waals surface area (Å²) < 4.78 is 5.37. The van der Waals surface area contributed by atoms with Crippen molar-refractivity contribution in [2.24, 2.45) is 5.92 Å². The number of terminal acetylenes is 1. The second-order valence-corrected chi connectivity index (χ2v) is 10.3. The van der Waals surface area contributed by atoms with Crippen LogP contribution in [-0.4, -0.2) is 62.2 Å².